The third kappa shape index (κ3) is 4.14. The first kappa shape index (κ1) is 19.2. The highest BCUT2D eigenvalue weighted by Crippen LogP contribution is 2.25. The molecule has 1 aliphatic rings. The maximum atomic E-state index is 12.6. The minimum atomic E-state index is 0.0622. The number of ether oxygens (including phenoxy) is 1. The second-order valence-electron chi connectivity index (χ2n) is 6.59. The lowest BCUT2D eigenvalue weighted by molar-refractivity contribution is -0.134. The molecule has 28 heavy (non-hydrogen) atoms. The summed E-state index contributed by atoms with van der Waals surface area (Å²) < 4.78 is 7.29. The number of hydrogen-bond donors (Lipinski definition) is 0. The second-order valence-corrected chi connectivity index (χ2v) is 8.70. The minimum Gasteiger partial charge on any atom is -0.378 e. The van der Waals surface area contributed by atoms with Crippen LogP contribution < -0.4 is 0 Å². The summed E-state index contributed by atoms with van der Waals surface area (Å²) in [4.78, 5) is 33.0. The molecule has 0 spiro atoms. The quantitative estimate of drug-likeness (QED) is 0.457. The molecule has 1 aliphatic heterocycles. The number of para-hydroxylation sites is 2. The lowest BCUT2D eigenvalue weighted by Crippen LogP contribution is -2.41. The van der Waals surface area contributed by atoms with E-state index in [0.29, 0.717) is 43.4 Å². The largest absolute Gasteiger partial charge is 0.378 e. The van der Waals surface area contributed by atoms with Crippen molar-refractivity contribution in [3.63, 3.8) is 0 Å². The van der Waals surface area contributed by atoms with Crippen LogP contribution in [0.1, 0.15) is 14.5 Å². The number of nitrogens with zero attached hydrogens (tertiary/aromatic N) is 3. The summed E-state index contributed by atoms with van der Waals surface area (Å²) in [6, 6.07) is 11.6. The van der Waals surface area contributed by atoms with E-state index in [1.54, 1.807) is 0 Å². The van der Waals surface area contributed by atoms with Gasteiger partial charge in [-0.25, -0.2) is 4.98 Å². The number of Topliss-reactive ketones (excluding diaryl/α,β-unsaturated/α-hetero) is 1. The zero-order valence-corrected chi connectivity index (χ0v) is 17.2. The number of thiophene rings is 1. The van der Waals surface area contributed by atoms with E-state index >= 15 is 0 Å². The molecule has 0 saturated carbocycles. The summed E-state index contributed by atoms with van der Waals surface area (Å²) >= 11 is 2.85. The van der Waals surface area contributed by atoms with Crippen molar-refractivity contribution in [3.8, 4) is 0 Å². The Morgan fingerprint density at radius 2 is 1.96 bits per heavy atom. The summed E-state index contributed by atoms with van der Waals surface area (Å²) in [5, 5.41) is 0.828. The number of hydrogen-bond acceptors (Lipinski definition) is 6. The van der Waals surface area contributed by atoms with Crippen molar-refractivity contribution in [1.29, 1.82) is 0 Å². The van der Waals surface area contributed by atoms with Gasteiger partial charge in [-0.1, -0.05) is 23.9 Å². The predicted molar refractivity (Wildman–Crippen MR) is 111 cm³/mol. The van der Waals surface area contributed by atoms with Crippen LogP contribution >= 0.6 is 23.1 Å². The predicted octanol–water partition coefficient (Wildman–Crippen LogP) is 3.01. The van der Waals surface area contributed by atoms with Crippen LogP contribution in [-0.4, -0.2) is 58.2 Å². The van der Waals surface area contributed by atoms with Crippen molar-refractivity contribution in [1.82, 2.24) is 14.5 Å². The highest BCUT2D eigenvalue weighted by Gasteiger charge is 2.19. The first-order valence-electron chi connectivity index (χ1n) is 9.13. The van der Waals surface area contributed by atoms with Crippen LogP contribution in [0.3, 0.4) is 0 Å². The Morgan fingerprint density at radius 1 is 1.18 bits per heavy atom. The van der Waals surface area contributed by atoms with Crippen LogP contribution in [0.15, 0.2) is 41.6 Å². The van der Waals surface area contributed by atoms with E-state index in [1.165, 1.54) is 23.1 Å². The standard InChI is InChI=1S/C20H21N3O3S2/c1-22-16-5-3-2-4-15(16)21-20(22)27-13-17(24)18-7-6-14(28-18)12-19(25)23-8-10-26-11-9-23/h2-7H,8-13H2,1H3. The number of carbonyl (C=O) groups excluding carboxylic acids is 2. The lowest BCUT2D eigenvalue weighted by Gasteiger charge is -2.26. The fourth-order valence-corrected chi connectivity index (χ4v) is 5.05. The number of fused-ring (bicyclic) bond motifs is 1. The van der Waals surface area contributed by atoms with Crippen molar-refractivity contribution >= 4 is 45.8 Å². The number of rotatable bonds is 6. The molecule has 6 nitrogen and oxygen atoms in total. The molecule has 0 N–H and O–H groups in total. The fourth-order valence-electron chi connectivity index (χ4n) is 3.15. The lowest BCUT2D eigenvalue weighted by atomic mass is 10.3. The van der Waals surface area contributed by atoms with Crippen molar-refractivity contribution in [2.24, 2.45) is 7.05 Å². The van der Waals surface area contributed by atoms with E-state index in [4.69, 9.17) is 4.74 Å². The molecule has 0 unspecified atom stereocenters. The molecule has 146 valence electrons. The number of imidazole rings is 1. The van der Waals surface area contributed by atoms with E-state index in [2.05, 4.69) is 4.98 Å². The van der Waals surface area contributed by atoms with Gasteiger partial charge in [0.25, 0.3) is 0 Å². The van der Waals surface area contributed by atoms with E-state index in [1.807, 2.05) is 52.9 Å². The molecule has 4 rings (SSSR count). The SMILES string of the molecule is Cn1c(SCC(=O)c2ccc(CC(=O)N3CCOCC3)s2)nc2ccccc21. The number of ketones is 1. The number of aryl methyl sites for hydroxylation is 1. The number of amides is 1. The molecule has 1 fully saturated rings. The highest BCUT2D eigenvalue weighted by atomic mass is 32.2. The third-order valence-corrected chi connectivity index (χ3v) is 6.86. The first-order chi connectivity index (χ1) is 13.6. The Labute approximate surface area is 171 Å². The molecule has 1 aromatic carbocycles. The van der Waals surface area contributed by atoms with E-state index < -0.39 is 0 Å². The zero-order chi connectivity index (χ0) is 19.5. The highest BCUT2D eigenvalue weighted by molar-refractivity contribution is 7.99. The average Bonchev–Trinajstić information content (AvgIpc) is 3.32. The number of aromatic nitrogens is 2. The van der Waals surface area contributed by atoms with Crippen molar-refractivity contribution in [2.75, 3.05) is 32.1 Å². The number of thioether (sulfide) groups is 1. The van der Waals surface area contributed by atoms with Gasteiger partial charge < -0.3 is 14.2 Å². The fraction of sp³-hybridized carbons (Fsp3) is 0.350. The van der Waals surface area contributed by atoms with Crippen LogP contribution in [0, 0.1) is 0 Å². The molecule has 1 amide bonds. The van der Waals surface area contributed by atoms with Gasteiger partial charge in [0, 0.05) is 25.0 Å². The minimum absolute atomic E-state index is 0.0622. The molecule has 3 heterocycles. The van der Waals surface area contributed by atoms with Gasteiger partial charge in [-0.05, 0) is 24.3 Å². The number of benzene rings is 1. The Morgan fingerprint density at radius 3 is 2.75 bits per heavy atom. The third-order valence-electron chi connectivity index (χ3n) is 4.70. The van der Waals surface area contributed by atoms with Gasteiger partial charge in [0.05, 0.1) is 41.3 Å². The van der Waals surface area contributed by atoms with Crippen LogP contribution in [0.25, 0.3) is 11.0 Å². The monoisotopic (exact) mass is 415 g/mol. The average molecular weight is 416 g/mol. The maximum absolute atomic E-state index is 12.6. The maximum Gasteiger partial charge on any atom is 0.227 e. The van der Waals surface area contributed by atoms with Gasteiger partial charge >= 0.3 is 0 Å². The second kappa shape index (κ2) is 8.46. The van der Waals surface area contributed by atoms with Gasteiger partial charge in [0.1, 0.15) is 0 Å². The van der Waals surface area contributed by atoms with Crippen molar-refractivity contribution in [2.45, 2.75) is 11.6 Å². The first-order valence-corrected chi connectivity index (χ1v) is 10.9. The zero-order valence-electron chi connectivity index (χ0n) is 15.6. The Bertz CT molecular complexity index is 1010. The van der Waals surface area contributed by atoms with Crippen LogP contribution in [-0.2, 0) is 23.0 Å². The molecule has 0 bridgehead atoms. The van der Waals surface area contributed by atoms with Gasteiger partial charge in [-0.15, -0.1) is 11.3 Å². The Kier molecular flexibility index (Phi) is 5.79. The van der Waals surface area contributed by atoms with E-state index in [0.717, 1.165) is 21.1 Å². The van der Waals surface area contributed by atoms with Crippen LogP contribution in [0.5, 0.6) is 0 Å². The molecular weight excluding hydrogens is 394 g/mol. The molecular formula is C20H21N3O3S2. The number of morpholine rings is 1. The van der Waals surface area contributed by atoms with Gasteiger partial charge in [0.2, 0.25) is 5.91 Å². The van der Waals surface area contributed by atoms with Gasteiger partial charge in [-0.2, -0.15) is 0 Å². The normalized spacial score (nSPS) is 14.5. The molecule has 2 aromatic heterocycles. The summed E-state index contributed by atoms with van der Waals surface area (Å²) in [5.74, 6) is 0.486. The topological polar surface area (TPSA) is 64.4 Å². The summed E-state index contributed by atoms with van der Waals surface area (Å²) in [7, 11) is 1.96. The van der Waals surface area contributed by atoms with Crippen molar-refractivity contribution < 1.29 is 14.3 Å². The smallest absolute Gasteiger partial charge is 0.227 e. The van der Waals surface area contributed by atoms with Gasteiger partial charge in [-0.3, -0.25) is 9.59 Å². The molecule has 0 radical (unpaired) electrons. The van der Waals surface area contributed by atoms with Crippen LogP contribution in [0.4, 0.5) is 0 Å². The molecule has 0 atom stereocenters. The Hall–Kier alpha value is -2.16. The molecule has 0 aliphatic carbocycles. The number of carbonyl (C=O) groups is 2. The molecule has 8 heteroatoms. The Balaban J connectivity index is 1.36. The molecule has 3 aromatic rings. The molecule has 1 saturated heterocycles. The van der Waals surface area contributed by atoms with E-state index in [9.17, 15) is 9.59 Å². The summed E-state index contributed by atoms with van der Waals surface area (Å²) in [5.41, 5.74) is 1.98. The van der Waals surface area contributed by atoms with Gasteiger partial charge in [0.15, 0.2) is 10.9 Å². The summed E-state index contributed by atoms with van der Waals surface area (Å²) in [6.45, 7) is 2.48. The summed E-state index contributed by atoms with van der Waals surface area (Å²) in [6.07, 6.45) is 0.343. The van der Waals surface area contributed by atoms with E-state index in [-0.39, 0.29) is 11.7 Å². The van der Waals surface area contributed by atoms with Crippen molar-refractivity contribution in [3.05, 3.63) is 46.2 Å². The van der Waals surface area contributed by atoms with Crippen LogP contribution in [0.2, 0.25) is 0 Å².